The number of nitrogens with two attached hydrogens (primary N) is 1. The lowest BCUT2D eigenvalue weighted by Gasteiger charge is -2.32. The molecule has 1 saturated heterocycles. The molecule has 1 heterocycles. The Morgan fingerprint density at radius 3 is 2.22 bits per heavy atom. The molecular formula is C37H39F6N3O5. The van der Waals surface area contributed by atoms with E-state index in [9.17, 15) is 35.9 Å². The molecule has 1 fully saturated rings. The Morgan fingerprint density at radius 2 is 1.61 bits per heavy atom. The lowest BCUT2D eigenvalue weighted by atomic mass is 9.92. The van der Waals surface area contributed by atoms with E-state index in [4.69, 9.17) is 20.3 Å². The van der Waals surface area contributed by atoms with Crippen LogP contribution in [0.15, 0.2) is 60.7 Å². The van der Waals surface area contributed by atoms with Crippen molar-refractivity contribution in [3.63, 3.8) is 0 Å². The minimum absolute atomic E-state index is 0.0255. The maximum absolute atomic E-state index is 13.6. The summed E-state index contributed by atoms with van der Waals surface area (Å²) < 4.78 is 88.0. The lowest BCUT2D eigenvalue weighted by molar-refractivity contribution is -0.137. The summed E-state index contributed by atoms with van der Waals surface area (Å²) in [5.41, 5.74) is 8.19. The van der Waals surface area contributed by atoms with Crippen molar-refractivity contribution >= 4 is 28.3 Å². The van der Waals surface area contributed by atoms with Crippen molar-refractivity contribution in [1.82, 2.24) is 4.90 Å². The van der Waals surface area contributed by atoms with Crippen LogP contribution in [-0.4, -0.2) is 67.8 Å². The average Bonchev–Trinajstić information content (AvgIpc) is 3.07. The van der Waals surface area contributed by atoms with Gasteiger partial charge >= 0.3 is 12.1 Å². The molecule has 1 aliphatic rings. The molecule has 0 bridgehead atoms. The van der Waals surface area contributed by atoms with Gasteiger partial charge in [0.05, 0.1) is 25.3 Å². The first kappa shape index (κ1) is 38.8. The van der Waals surface area contributed by atoms with Crippen molar-refractivity contribution in [2.24, 2.45) is 5.73 Å². The van der Waals surface area contributed by atoms with E-state index in [1.165, 1.54) is 6.92 Å². The van der Waals surface area contributed by atoms with Gasteiger partial charge in [0, 0.05) is 50.1 Å². The second-order valence-corrected chi connectivity index (χ2v) is 12.1. The Hall–Kier alpha value is -4.98. The molecule has 0 aromatic heterocycles. The monoisotopic (exact) mass is 719 g/mol. The molecule has 8 nitrogen and oxygen atoms in total. The number of methoxy groups -OCH3 is 2. The molecule has 0 saturated carbocycles. The molecule has 0 radical (unpaired) electrons. The summed E-state index contributed by atoms with van der Waals surface area (Å²) in [6.07, 6.45) is -4.18. The zero-order chi connectivity index (χ0) is 37.5. The molecular weight excluding hydrogens is 680 g/mol. The van der Waals surface area contributed by atoms with Crippen LogP contribution in [0.1, 0.15) is 46.3 Å². The number of carboxylic acids is 1. The third-order valence-corrected chi connectivity index (χ3v) is 8.64. The van der Waals surface area contributed by atoms with Gasteiger partial charge in [-0.3, -0.25) is 14.5 Å². The van der Waals surface area contributed by atoms with Gasteiger partial charge in [0.2, 0.25) is 0 Å². The standard InChI is InChI=1S/C27H29F2NO4.C10H10F4N2O/c1-33-23-11-9-19(17-30-15-13-27(28,29)14-16-30)26(34-2)25(23)22-8-4-6-20-18(10-12-24(31)32)5-3-7-21(20)22;1-5-7(16-4-10(12,13)14)3-2-6(11)8(5)9(15)17/h3-9,11H,10,12-17H2,1-2H3,(H,31,32);2-3,16H,4H2,1H3,(H2,15,17). The van der Waals surface area contributed by atoms with Crippen LogP contribution in [0.25, 0.3) is 21.9 Å². The number of rotatable bonds is 11. The summed E-state index contributed by atoms with van der Waals surface area (Å²) in [5.74, 6) is -4.00. The number of ether oxygens (including phenoxy) is 2. The van der Waals surface area contributed by atoms with E-state index < -0.39 is 41.9 Å². The predicted octanol–water partition coefficient (Wildman–Crippen LogP) is 7.98. The van der Waals surface area contributed by atoms with Gasteiger partial charge in [0.15, 0.2) is 0 Å². The molecule has 4 aromatic rings. The number of carbonyl (C=O) groups excluding carboxylic acids is 1. The second kappa shape index (κ2) is 16.4. The normalized spacial score (nSPS) is 14.4. The maximum atomic E-state index is 13.6. The number of carbonyl (C=O) groups is 2. The van der Waals surface area contributed by atoms with Gasteiger partial charge in [-0.15, -0.1) is 0 Å². The molecule has 0 atom stereocenters. The number of alkyl halides is 5. The Morgan fingerprint density at radius 1 is 0.941 bits per heavy atom. The van der Waals surface area contributed by atoms with Crippen LogP contribution in [0.5, 0.6) is 11.5 Å². The summed E-state index contributed by atoms with van der Waals surface area (Å²) in [6, 6.07) is 17.7. The van der Waals surface area contributed by atoms with E-state index in [1.807, 2.05) is 53.4 Å². The third kappa shape index (κ3) is 9.84. The topological polar surface area (TPSA) is 114 Å². The molecule has 1 aliphatic heterocycles. The summed E-state index contributed by atoms with van der Waals surface area (Å²) in [5, 5.41) is 13.2. The summed E-state index contributed by atoms with van der Waals surface area (Å²) in [7, 11) is 3.21. The van der Waals surface area contributed by atoms with Crippen molar-refractivity contribution in [2.75, 3.05) is 39.2 Å². The van der Waals surface area contributed by atoms with Crippen LogP contribution >= 0.6 is 0 Å². The number of nitrogens with one attached hydrogen (secondary N) is 1. The number of halogens is 6. The molecule has 274 valence electrons. The fraction of sp³-hybridized carbons (Fsp3) is 0.351. The SMILES string of the molecule is COc1ccc(CN2CCC(F)(F)CC2)c(OC)c1-c1cccc2c(CCC(=O)O)cccc12.Cc1c(NCC(F)(F)F)ccc(F)c1C(N)=O. The summed E-state index contributed by atoms with van der Waals surface area (Å²) in [4.78, 5) is 24.1. The van der Waals surface area contributed by atoms with E-state index in [2.05, 4.69) is 5.32 Å². The smallest absolute Gasteiger partial charge is 0.405 e. The highest BCUT2D eigenvalue weighted by molar-refractivity contribution is 6.01. The van der Waals surface area contributed by atoms with Gasteiger partial charge in [0.25, 0.3) is 11.8 Å². The summed E-state index contributed by atoms with van der Waals surface area (Å²) >= 11 is 0. The number of primary amides is 1. The molecule has 1 amide bonds. The van der Waals surface area contributed by atoms with Gasteiger partial charge in [0.1, 0.15) is 23.9 Å². The Bertz CT molecular complexity index is 1870. The Kier molecular flexibility index (Phi) is 12.5. The third-order valence-electron chi connectivity index (χ3n) is 8.64. The fourth-order valence-corrected chi connectivity index (χ4v) is 6.09. The number of likely N-dealkylation sites (tertiary alicyclic amines) is 1. The van der Waals surface area contributed by atoms with Gasteiger partial charge in [-0.05, 0) is 59.0 Å². The highest BCUT2D eigenvalue weighted by Gasteiger charge is 2.34. The zero-order valence-electron chi connectivity index (χ0n) is 28.3. The van der Waals surface area contributed by atoms with E-state index >= 15 is 0 Å². The quantitative estimate of drug-likeness (QED) is 0.135. The van der Waals surface area contributed by atoms with Gasteiger partial charge in [-0.1, -0.05) is 42.5 Å². The zero-order valence-corrected chi connectivity index (χ0v) is 28.3. The van der Waals surface area contributed by atoms with Crippen molar-refractivity contribution in [3.8, 4) is 22.6 Å². The summed E-state index contributed by atoms with van der Waals surface area (Å²) in [6.45, 7) is 1.22. The van der Waals surface area contributed by atoms with Gasteiger partial charge < -0.3 is 25.6 Å². The highest BCUT2D eigenvalue weighted by Crippen LogP contribution is 2.44. The molecule has 51 heavy (non-hydrogen) atoms. The number of hydrogen-bond acceptors (Lipinski definition) is 6. The number of aryl methyl sites for hydroxylation is 1. The molecule has 5 rings (SSSR count). The average molecular weight is 720 g/mol. The fourth-order valence-electron chi connectivity index (χ4n) is 6.09. The van der Waals surface area contributed by atoms with Crippen LogP contribution in [-0.2, 0) is 17.8 Å². The number of amides is 1. The van der Waals surface area contributed by atoms with E-state index in [-0.39, 0.29) is 30.5 Å². The number of nitrogens with zero attached hydrogens (tertiary/aromatic N) is 1. The van der Waals surface area contributed by atoms with Crippen molar-refractivity contribution in [2.45, 2.75) is 51.3 Å². The minimum Gasteiger partial charge on any atom is -0.496 e. The lowest BCUT2D eigenvalue weighted by Crippen LogP contribution is -2.38. The van der Waals surface area contributed by atoms with E-state index in [0.29, 0.717) is 37.6 Å². The molecule has 0 unspecified atom stereocenters. The molecule has 4 aromatic carbocycles. The van der Waals surface area contributed by atoms with Crippen molar-refractivity contribution in [1.29, 1.82) is 0 Å². The van der Waals surface area contributed by atoms with Crippen molar-refractivity contribution in [3.05, 3.63) is 88.7 Å². The molecule has 14 heteroatoms. The van der Waals surface area contributed by atoms with E-state index in [1.54, 1.807) is 14.2 Å². The second-order valence-electron chi connectivity index (χ2n) is 12.1. The van der Waals surface area contributed by atoms with Crippen LogP contribution in [0.3, 0.4) is 0 Å². The van der Waals surface area contributed by atoms with Crippen LogP contribution in [0.4, 0.5) is 32.0 Å². The molecule has 4 N–H and O–H groups in total. The molecule has 0 spiro atoms. The number of carboxylic acid groups (broad SMARTS) is 1. The first-order chi connectivity index (χ1) is 24.0. The number of benzene rings is 4. The number of piperidine rings is 1. The maximum Gasteiger partial charge on any atom is 0.405 e. The largest absolute Gasteiger partial charge is 0.496 e. The number of aliphatic carboxylic acids is 1. The number of hydrogen-bond donors (Lipinski definition) is 3. The first-order valence-corrected chi connectivity index (χ1v) is 16.0. The van der Waals surface area contributed by atoms with Crippen LogP contribution in [0, 0.1) is 12.7 Å². The van der Waals surface area contributed by atoms with Crippen LogP contribution < -0.4 is 20.5 Å². The molecule has 0 aliphatic carbocycles. The van der Waals surface area contributed by atoms with E-state index in [0.717, 1.165) is 45.2 Å². The minimum atomic E-state index is -4.40. The Labute approximate surface area is 291 Å². The number of fused-ring (bicyclic) bond motifs is 1. The number of anilines is 1. The Balaban J connectivity index is 0.000000289. The van der Waals surface area contributed by atoms with Gasteiger partial charge in [-0.2, -0.15) is 13.2 Å². The van der Waals surface area contributed by atoms with Crippen molar-refractivity contribution < 1.29 is 50.5 Å². The first-order valence-electron chi connectivity index (χ1n) is 16.0. The predicted molar refractivity (Wildman–Crippen MR) is 182 cm³/mol. The van der Waals surface area contributed by atoms with Crippen LogP contribution in [0.2, 0.25) is 0 Å². The highest BCUT2D eigenvalue weighted by atomic mass is 19.4. The van der Waals surface area contributed by atoms with Gasteiger partial charge in [-0.25, -0.2) is 13.2 Å².